The summed E-state index contributed by atoms with van der Waals surface area (Å²) >= 11 is 0. The lowest BCUT2D eigenvalue weighted by Gasteiger charge is -2.22. The molecule has 134 valence electrons. The quantitative estimate of drug-likeness (QED) is 0.279. The summed E-state index contributed by atoms with van der Waals surface area (Å²) in [6.07, 6.45) is -0.704. The third-order valence-electron chi connectivity index (χ3n) is 2.25. The molecule has 23 heavy (non-hydrogen) atoms. The van der Waals surface area contributed by atoms with E-state index in [2.05, 4.69) is 14.8 Å². The number of carbonyl (C=O) groups is 3. The zero-order chi connectivity index (χ0) is 18.0. The fraction of sp³-hybridized carbons (Fsp3) is 0.769. The molecule has 3 N–H and O–H groups in total. The maximum absolute atomic E-state index is 11.7. The second-order valence-corrected chi connectivity index (χ2v) is 7.97. The van der Waals surface area contributed by atoms with Gasteiger partial charge in [-0.05, 0) is 20.8 Å². The highest BCUT2D eigenvalue weighted by Crippen LogP contribution is 2.23. The Morgan fingerprint density at radius 3 is 2.04 bits per heavy atom. The maximum atomic E-state index is 11.7. The van der Waals surface area contributed by atoms with E-state index in [4.69, 9.17) is 10.5 Å². The van der Waals surface area contributed by atoms with Crippen LogP contribution in [0.1, 0.15) is 20.8 Å². The van der Waals surface area contributed by atoms with E-state index in [1.807, 2.05) is 0 Å². The van der Waals surface area contributed by atoms with Gasteiger partial charge >= 0.3 is 18.0 Å². The third kappa shape index (κ3) is 10.3. The number of carbonyl (C=O) groups excluding carboxylic acids is 3. The molecule has 0 radical (unpaired) electrons. The van der Waals surface area contributed by atoms with Gasteiger partial charge in [-0.2, -0.15) is 0 Å². The number of alkyl carbamates (subject to hydrolysis) is 1. The first-order valence-electron chi connectivity index (χ1n) is 6.76. The minimum atomic E-state index is -0.860. The van der Waals surface area contributed by atoms with Crippen molar-refractivity contribution in [2.75, 3.05) is 25.7 Å². The van der Waals surface area contributed by atoms with Crippen LogP contribution in [-0.4, -0.2) is 61.4 Å². The number of ether oxygens (including phenoxy) is 3. The van der Waals surface area contributed by atoms with Gasteiger partial charge in [0, 0.05) is 11.5 Å². The van der Waals surface area contributed by atoms with E-state index in [9.17, 15) is 14.4 Å². The molecule has 0 aliphatic carbocycles. The Morgan fingerprint density at radius 1 is 1.04 bits per heavy atom. The average molecular weight is 368 g/mol. The summed E-state index contributed by atoms with van der Waals surface area (Å²) in [5.74, 6) is -0.530. The van der Waals surface area contributed by atoms with Crippen molar-refractivity contribution in [1.29, 1.82) is 0 Å². The van der Waals surface area contributed by atoms with Gasteiger partial charge < -0.3 is 25.3 Å². The number of nitrogens with one attached hydrogen (secondary N) is 1. The van der Waals surface area contributed by atoms with Gasteiger partial charge in [-0.25, -0.2) is 9.59 Å². The molecule has 0 heterocycles. The molecule has 8 nitrogen and oxygen atoms in total. The molecule has 0 rings (SSSR count). The van der Waals surface area contributed by atoms with Crippen LogP contribution >= 0.6 is 21.6 Å². The van der Waals surface area contributed by atoms with Crippen LogP contribution in [-0.2, 0) is 23.8 Å². The van der Waals surface area contributed by atoms with Gasteiger partial charge in [-0.3, -0.25) is 4.79 Å². The second kappa shape index (κ2) is 10.6. The predicted molar refractivity (Wildman–Crippen MR) is 90.1 cm³/mol. The van der Waals surface area contributed by atoms with Crippen molar-refractivity contribution in [2.24, 2.45) is 5.73 Å². The van der Waals surface area contributed by atoms with Crippen LogP contribution in [0.15, 0.2) is 0 Å². The molecule has 0 aromatic heterocycles. The van der Waals surface area contributed by atoms with E-state index in [0.29, 0.717) is 5.75 Å². The molecule has 0 fully saturated rings. The Kier molecular flexibility index (Phi) is 10.1. The summed E-state index contributed by atoms with van der Waals surface area (Å²) in [6.45, 7) is 5.16. The normalized spacial score (nSPS) is 13.7. The van der Waals surface area contributed by atoms with Crippen LogP contribution in [0.25, 0.3) is 0 Å². The molecular weight excluding hydrogens is 344 g/mol. The molecule has 1 amide bonds. The Labute approximate surface area is 143 Å². The summed E-state index contributed by atoms with van der Waals surface area (Å²) in [6, 6.07) is -1.60. The zero-order valence-corrected chi connectivity index (χ0v) is 15.5. The Balaban J connectivity index is 4.34. The Bertz CT molecular complexity index is 414. The van der Waals surface area contributed by atoms with Crippen molar-refractivity contribution < 1.29 is 28.6 Å². The second-order valence-electron chi connectivity index (χ2n) is 5.42. The molecule has 0 unspecified atom stereocenters. The minimum absolute atomic E-state index is 0.241. The van der Waals surface area contributed by atoms with Gasteiger partial charge in [0.05, 0.1) is 14.2 Å². The standard InChI is InChI=1S/C13H24N2O6S2/c1-13(2,3)21-12(18)15-9(11(17)20-5)7-23-22-6-8(14)10(16)19-4/h8-9H,6-7,14H2,1-5H3,(H,15,18)/t8-,9-/m1/s1. The minimum Gasteiger partial charge on any atom is -0.468 e. The van der Waals surface area contributed by atoms with Crippen molar-refractivity contribution in [1.82, 2.24) is 5.32 Å². The number of hydrogen-bond donors (Lipinski definition) is 2. The van der Waals surface area contributed by atoms with Crippen molar-refractivity contribution in [3.8, 4) is 0 Å². The third-order valence-corrected chi connectivity index (χ3v) is 4.69. The fourth-order valence-electron chi connectivity index (χ4n) is 1.22. The maximum Gasteiger partial charge on any atom is 0.408 e. The van der Waals surface area contributed by atoms with Crippen molar-refractivity contribution in [3.05, 3.63) is 0 Å². The molecule has 0 aliphatic rings. The summed E-state index contributed by atoms with van der Waals surface area (Å²) in [5, 5.41) is 2.45. The van der Waals surface area contributed by atoms with Crippen LogP contribution in [0, 0.1) is 0 Å². The van der Waals surface area contributed by atoms with Gasteiger partial charge in [-0.1, -0.05) is 21.6 Å². The van der Waals surface area contributed by atoms with Crippen LogP contribution in [0.4, 0.5) is 4.79 Å². The lowest BCUT2D eigenvalue weighted by Crippen LogP contribution is -2.45. The number of amides is 1. The van der Waals surface area contributed by atoms with Gasteiger partial charge in [0.25, 0.3) is 0 Å². The van der Waals surface area contributed by atoms with E-state index in [-0.39, 0.29) is 5.75 Å². The molecule has 0 aromatic carbocycles. The topological polar surface area (TPSA) is 117 Å². The van der Waals surface area contributed by atoms with Crippen molar-refractivity contribution >= 4 is 39.6 Å². The highest BCUT2D eigenvalue weighted by molar-refractivity contribution is 8.76. The first-order valence-corrected chi connectivity index (χ1v) is 9.24. The predicted octanol–water partition coefficient (Wildman–Crippen LogP) is 0.934. The lowest BCUT2D eigenvalue weighted by atomic mass is 10.2. The summed E-state index contributed by atoms with van der Waals surface area (Å²) in [5.41, 5.74) is 4.92. The molecule has 0 aromatic rings. The highest BCUT2D eigenvalue weighted by Gasteiger charge is 2.25. The van der Waals surface area contributed by atoms with Gasteiger partial charge in [-0.15, -0.1) is 0 Å². The van der Waals surface area contributed by atoms with E-state index in [1.54, 1.807) is 20.8 Å². The van der Waals surface area contributed by atoms with Crippen LogP contribution in [0.5, 0.6) is 0 Å². The van der Waals surface area contributed by atoms with Crippen molar-refractivity contribution in [3.63, 3.8) is 0 Å². The summed E-state index contributed by atoms with van der Waals surface area (Å²) in [7, 11) is 5.07. The molecule has 10 heteroatoms. The number of hydrogen-bond acceptors (Lipinski definition) is 9. The van der Waals surface area contributed by atoms with Crippen molar-refractivity contribution in [2.45, 2.75) is 38.5 Å². The molecular formula is C13H24N2O6S2. The van der Waals surface area contributed by atoms with Gasteiger partial charge in [0.15, 0.2) is 0 Å². The van der Waals surface area contributed by atoms with Gasteiger partial charge in [0.2, 0.25) is 0 Å². The first kappa shape index (κ1) is 21.9. The van der Waals surface area contributed by atoms with Gasteiger partial charge in [0.1, 0.15) is 17.7 Å². The largest absolute Gasteiger partial charge is 0.468 e. The molecule has 2 atom stereocenters. The number of rotatable bonds is 8. The van der Waals surface area contributed by atoms with E-state index >= 15 is 0 Å². The Morgan fingerprint density at radius 2 is 1.57 bits per heavy atom. The van der Waals surface area contributed by atoms with Crippen LogP contribution in [0.2, 0.25) is 0 Å². The van der Waals surface area contributed by atoms with E-state index < -0.39 is 35.7 Å². The summed E-state index contributed by atoms with van der Waals surface area (Å²) < 4.78 is 14.3. The fourth-order valence-corrected chi connectivity index (χ4v) is 3.47. The molecule has 0 aliphatic heterocycles. The Hall–Kier alpha value is -1.13. The SMILES string of the molecule is COC(=O)[C@H](N)CSSC[C@@H](NC(=O)OC(C)(C)C)C(=O)OC. The molecule has 0 bridgehead atoms. The zero-order valence-electron chi connectivity index (χ0n) is 13.9. The number of esters is 2. The molecule has 0 saturated heterocycles. The first-order chi connectivity index (χ1) is 10.6. The number of methoxy groups -OCH3 is 2. The monoisotopic (exact) mass is 368 g/mol. The van der Waals surface area contributed by atoms with E-state index in [1.165, 1.54) is 35.8 Å². The summed E-state index contributed by atoms with van der Waals surface area (Å²) in [4.78, 5) is 34.6. The van der Waals surface area contributed by atoms with Crippen LogP contribution < -0.4 is 11.1 Å². The number of nitrogens with two attached hydrogens (primary N) is 1. The lowest BCUT2D eigenvalue weighted by molar-refractivity contribution is -0.142. The van der Waals surface area contributed by atoms with E-state index in [0.717, 1.165) is 0 Å². The molecule has 0 spiro atoms. The average Bonchev–Trinajstić information content (AvgIpc) is 2.46. The molecule has 0 saturated carbocycles. The smallest absolute Gasteiger partial charge is 0.408 e. The highest BCUT2D eigenvalue weighted by atomic mass is 33.1. The van der Waals surface area contributed by atoms with Crippen LogP contribution in [0.3, 0.4) is 0 Å².